The molecule has 2 N–H and O–H groups in total. The fourth-order valence-electron chi connectivity index (χ4n) is 2.67. The van der Waals surface area contributed by atoms with Gasteiger partial charge in [-0.1, -0.05) is 11.6 Å². The molecule has 3 rings (SSSR count). The molecule has 0 radical (unpaired) electrons. The second-order valence-electron chi connectivity index (χ2n) is 5.98. The summed E-state index contributed by atoms with van der Waals surface area (Å²) >= 11 is 6.08. The zero-order valence-corrected chi connectivity index (χ0v) is 15.2. The molecule has 1 aromatic carbocycles. The average molecular weight is 393 g/mol. The lowest BCUT2D eigenvalue weighted by molar-refractivity contribution is 0.571. The number of hydrogen-bond donors (Lipinski definition) is 2. The Hall–Kier alpha value is -3.00. The largest absolute Gasteiger partial charge is 0.378 e. The summed E-state index contributed by atoms with van der Waals surface area (Å²) in [7, 11) is 0. The Kier molecular flexibility index (Phi) is 5.09. The molecule has 6 nitrogen and oxygen atoms in total. The molecule has 0 bridgehead atoms. The zero-order valence-electron chi connectivity index (χ0n) is 14.4. The highest BCUT2D eigenvalue weighted by Crippen LogP contribution is 2.19. The summed E-state index contributed by atoms with van der Waals surface area (Å²) < 4.78 is 27.7. The first kappa shape index (κ1) is 18.8. The molecule has 0 saturated heterocycles. The number of pyridine rings is 1. The Morgan fingerprint density at radius 3 is 2.63 bits per heavy atom. The topological polar surface area (TPSA) is 79.8 Å². The monoisotopic (exact) mass is 392 g/mol. The number of benzene rings is 1. The molecule has 0 aliphatic rings. The fourth-order valence-corrected chi connectivity index (χ4v) is 2.86. The van der Waals surface area contributed by atoms with Gasteiger partial charge >= 0.3 is 0 Å². The number of halogens is 3. The van der Waals surface area contributed by atoms with Crippen molar-refractivity contribution in [2.75, 3.05) is 5.32 Å². The van der Waals surface area contributed by atoms with E-state index in [1.54, 1.807) is 13.8 Å². The molecule has 0 unspecified atom stereocenters. The van der Waals surface area contributed by atoms with Gasteiger partial charge in [0.05, 0.1) is 11.9 Å². The van der Waals surface area contributed by atoms with Crippen LogP contribution in [-0.2, 0) is 6.54 Å². The second-order valence-corrected chi connectivity index (χ2v) is 6.36. The molecule has 27 heavy (non-hydrogen) atoms. The van der Waals surface area contributed by atoms with Crippen LogP contribution in [-0.4, -0.2) is 14.8 Å². The second kappa shape index (κ2) is 7.32. The standard InChI is InChI=1S/C18H15ClF2N4O2/c1-9-5-10(2)24-17(26)12(9)7-22-14-8-23-25(18(27)16(14)19)15-4-3-11(20)6-13(15)21/h3-6,8,22H,7H2,1-2H3,(H,24,26). The summed E-state index contributed by atoms with van der Waals surface area (Å²) in [6.45, 7) is 3.70. The van der Waals surface area contributed by atoms with Crippen LogP contribution < -0.4 is 16.4 Å². The normalized spacial score (nSPS) is 10.9. The number of H-pyrrole nitrogens is 1. The predicted molar refractivity (Wildman–Crippen MR) is 98.6 cm³/mol. The van der Waals surface area contributed by atoms with Gasteiger partial charge in [0.25, 0.3) is 11.1 Å². The van der Waals surface area contributed by atoms with Crippen LogP contribution in [0.2, 0.25) is 5.02 Å². The van der Waals surface area contributed by atoms with Crippen LogP contribution in [0.3, 0.4) is 0 Å². The third kappa shape index (κ3) is 3.75. The number of aromatic amines is 1. The number of aromatic nitrogens is 3. The summed E-state index contributed by atoms with van der Waals surface area (Å²) in [6.07, 6.45) is 1.24. The summed E-state index contributed by atoms with van der Waals surface area (Å²) in [5.41, 5.74) is 0.970. The minimum Gasteiger partial charge on any atom is -0.378 e. The van der Waals surface area contributed by atoms with Crippen molar-refractivity contribution in [2.45, 2.75) is 20.4 Å². The molecule has 3 aromatic rings. The lowest BCUT2D eigenvalue weighted by Gasteiger charge is -2.12. The van der Waals surface area contributed by atoms with E-state index in [2.05, 4.69) is 15.4 Å². The molecule has 2 heterocycles. The lowest BCUT2D eigenvalue weighted by Crippen LogP contribution is -2.24. The molecular formula is C18H15ClF2N4O2. The fraction of sp³-hybridized carbons (Fsp3) is 0.167. The van der Waals surface area contributed by atoms with Crippen molar-refractivity contribution in [2.24, 2.45) is 0 Å². The van der Waals surface area contributed by atoms with E-state index in [1.165, 1.54) is 6.20 Å². The lowest BCUT2D eigenvalue weighted by atomic mass is 10.1. The molecule has 0 saturated carbocycles. The Bertz CT molecular complexity index is 1140. The van der Waals surface area contributed by atoms with Crippen LogP contribution in [0.5, 0.6) is 0 Å². The Morgan fingerprint density at radius 1 is 1.22 bits per heavy atom. The number of rotatable bonds is 4. The molecule has 0 fully saturated rings. The quantitative estimate of drug-likeness (QED) is 0.715. The van der Waals surface area contributed by atoms with Crippen LogP contribution in [0, 0.1) is 25.5 Å². The Balaban J connectivity index is 1.92. The molecule has 0 aliphatic carbocycles. The smallest absolute Gasteiger partial charge is 0.292 e. The van der Waals surface area contributed by atoms with Crippen LogP contribution in [0.1, 0.15) is 16.8 Å². The van der Waals surface area contributed by atoms with Gasteiger partial charge in [-0.25, -0.2) is 8.78 Å². The molecule has 0 spiro atoms. The highest BCUT2D eigenvalue weighted by atomic mass is 35.5. The SMILES string of the molecule is Cc1cc(C)c(CNc2cnn(-c3ccc(F)cc3F)c(=O)c2Cl)c(=O)[nH]1. The van der Waals surface area contributed by atoms with E-state index in [4.69, 9.17) is 11.6 Å². The van der Waals surface area contributed by atoms with E-state index in [9.17, 15) is 18.4 Å². The van der Waals surface area contributed by atoms with Gasteiger partial charge in [0.2, 0.25) is 0 Å². The third-order valence-corrected chi connectivity index (χ3v) is 4.37. The maximum atomic E-state index is 13.9. The van der Waals surface area contributed by atoms with E-state index >= 15 is 0 Å². The number of hydrogen-bond acceptors (Lipinski definition) is 4. The van der Waals surface area contributed by atoms with Gasteiger partial charge in [0.15, 0.2) is 5.82 Å². The van der Waals surface area contributed by atoms with Crippen molar-refractivity contribution in [3.05, 3.63) is 84.6 Å². The van der Waals surface area contributed by atoms with Gasteiger partial charge in [0.1, 0.15) is 16.5 Å². The van der Waals surface area contributed by atoms with Gasteiger partial charge in [-0.05, 0) is 37.6 Å². The maximum Gasteiger partial charge on any atom is 0.292 e. The van der Waals surface area contributed by atoms with Crippen molar-refractivity contribution in [3.8, 4) is 5.69 Å². The minimum absolute atomic E-state index is 0.122. The third-order valence-electron chi connectivity index (χ3n) is 4.01. The maximum absolute atomic E-state index is 13.9. The number of anilines is 1. The van der Waals surface area contributed by atoms with Gasteiger partial charge in [0, 0.05) is 23.9 Å². The number of nitrogens with one attached hydrogen (secondary N) is 2. The first-order valence-corrected chi connectivity index (χ1v) is 8.32. The summed E-state index contributed by atoms with van der Waals surface area (Å²) in [4.78, 5) is 27.2. The van der Waals surface area contributed by atoms with E-state index < -0.39 is 17.2 Å². The van der Waals surface area contributed by atoms with E-state index in [-0.39, 0.29) is 28.5 Å². The summed E-state index contributed by atoms with van der Waals surface area (Å²) in [5.74, 6) is -1.71. The van der Waals surface area contributed by atoms with Crippen molar-refractivity contribution in [1.29, 1.82) is 0 Å². The molecule has 9 heteroatoms. The van der Waals surface area contributed by atoms with Gasteiger partial charge in [-0.2, -0.15) is 9.78 Å². The van der Waals surface area contributed by atoms with Gasteiger partial charge in [-0.15, -0.1) is 0 Å². The van der Waals surface area contributed by atoms with Crippen molar-refractivity contribution < 1.29 is 8.78 Å². The predicted octanol–water partition coefficient (Wildman–Crippen LogP) is 3.08. The average Bonchev–Trinajstić information content (AvgIpc) is 2.58. The van der Waals surface area contributed by atoms with E-state index in [0.717, 1.165) is 28.1 Å². The van der Waals surface area contributed by atoms with Crippen LogP contribution in [0.25, 0.3) is 5.69 Å². The highest BCUT2D eigenvalue weighted by molar-refractivity contribution is 6.32. The first-order chi connectivity index (χ1) is 12.8. The van der Waals surface area contributed by atoms with Gasteiger partial charge in [-0.3, -0.25) is 9.59 Å². The Morgan fingerprint density at radius 2 is 1.96 bits per heavy atom. The Labute approximate surface area is 157 Å². The van der Waals surface area contributed by atoms with Crippen LogP contribution in [0.4, 0.5) is 14.5 Å². The first-order valence-electron chi connectivity index (χ1n) is 7.94. The van der Waals surface area contributed by atoms with Crippen LogP contribution >= 0.6 is 11.6 Å². The molecule has 0 aliphatic heterocycles. The number of nitrogens with zero attached hydrogens (tertiary/aromatic N) is 2. The molecule has 0 amide bonds. The highest BCUT2D eigenvalue weighted by Gasteiger charge is 2.15. The zero-order chi connectivity index (χ0) is 19.7. The molecule has 2 aromatic heterocycles. The molecule has 0 atom stereocenters. The van der Waals surface area contributed by atoms with E-state index in [1.807, 2.05) is 6.07 Å². The van der Waals surface area contributed by atoms with Gasteiger partial charge < -0.3 is 10.3 Å². The van der Waals surface area contributed by atoms with E-state index in [0.29, 0.717) is 11.6 Å². The van der Waals surface area contributed by atoms with Crippen molar-refractivity contribution >= 4 is 17.3 Å². The van der Waals surface area contributed by atoms with Crippen LogP contribution in [0.15, 0.2) is 40.1 Å². The number of aryl methyl sites for hydroxylation is 2. The van der Waals surface area contributed by atoms with Crippen molar-refractivity contribution in [3.63, 3.8) is 0 Å². The molecule has 140 valence electrons. The minimum atomic E-state index is -0.941. The summed E-state index contributed by atoms with van der Waals surface area (Å²) in [5, 5.41) is 6.55. The molecular weight excluding hydrogens is 378 g/mol. The summed E-state index contributed by atoms with van der Waals surface area (Å²) in [6, 6.07) is 4.58. The van der Waals surface area contributed by atoms with Crippen molar-refractivity contribution in [1.82, 2.24) is 14.8 Å².